The SMILES string of the molecule is Cc1ccc(-c2nc(CNC(=O)c3cc(C(N)=O)cs3)co2)cc1. The van der Waals surface area contributed by atoms with Gasteiger partial charge in [0.2, 0.25) is 11.8 Å². The maximum absolute atomic E-state index is 12.1. The van der Waals surface area contributed by atoms with Crippen LogP contribution in [-0.2, 0) is 6.54 Å². The van der Waals surface area contributed by atoms with E-state index in [2.05, 4.69) is 10.3 Å². The lowest BCUT2D eigenvalue weighted by molar-refractivity contribution is 0.0954. The van der Waals surface area contributed by atoms with Gasteiger partial charge < -0.3 is 15.5 Å². The van der Waals surface area contributed by atoms with E-state index in [1.807, 2.05) is 31.2 Å². The standard InChI is InChI=1S/C17H15N3O3S/c1-10-2-4-11(5-3-10)17-20-13(8-23-17)7-19-16(22)14-6-12(9-24-14)15(18)21/h2-6,8-9H,7H2,1H3,(H2,18,21)(H,19,22). The second-order valence-electron chi connectivity index (χ2n) is 5.26. The van der Waals surface area contributed by atoms with Crippen molar-refractivity contribution in [3.8, 4) is 11.5 Å². The highest BCUT2D eigenvalue weighted by Gasteiger charge is 2.13. The molecule has 0 saturated carbocycles. The maximum atomic E-state index is 12.1. The summed E-state index contributed by atoms with van der Waals surface area (Å²) in [6, 6.07) is 9.30. The van der Waals surface area contributed by atoms with Crippen molar-refractivity contribution < 1.29 is 14.0 Å². The average Bonchev–Trinajstić information content (AvgIpc) is 3.23. The van der Waals surface area contributed by atoms with Gasteiger partial charge in [-0.05, 0) is 25.1 Å². The highest BCUT2D eigenvalue weighted by Crippen LogP contribution is 2.19. The zero-order chi connectivity index (χ0) is 17.1. The predicted molar refractivity (Wildman–Crippen MR) is 90.7 cm³/mol. The number of thiophene rings is 1. The van der Waals surface area contributed by atoms with E-state index < -0.39 is 5.91 Å². The van der Waals surface area contributed by atoms with Crippen LogP contribution in [0.3, 0.4) is 0 Å². The second kappa shape index (κ2) is 6.67. The van der Waals surface area contributed by atoms with Crippen LogP contribution in [0.25, 0.3) is 11.5 Å². The van der Waals surface area contributed by atoms with E-state index in [0.29, 0.717) is 22.0 Å². The molecule has 2 aromatic heterocycles. The fourth-order valence-corrected chi connectivity index (χ4v) is 2.87. The van der Waals surface area contributed by atoms with Gasteiger partial charge in [0.25, 0.3) is 5.91 Å². The van der Waals surface area contributed by atoms with E-state index >= 15 is 0 Å². The number of nitrogens with zero attached hydrogens (tertiary/aromatic N) is 1. The molecule has 2 amide bonds. The number of aromatic nitrogens is 1. The van der Waals surface area contributed by atoms with Crippen LogP contribution in [-0.4, -0.2) is 16.8 Å². The number of hydrogen-bond donors (Lipinski definition) is 2. The summed E-state index contributed by atoms with van der Waals surface area (Å²) in [6.07, 6.45) is 1.51. The molecule has 122 valence electrons. The molecule has 7 heteroatoms. The van der Waals surface area contributed by atoms with Crippen molar-refractivity contribution in [1.82, 2.24) is 10.3 Å². The van der Waals surface area contributed by atoms with Crippen LogP contribution in [0.2, 0.25) is 0 Å². The first-order chi connectivity index (χ1) is 11.5. The summed E-state index contributed by atoms with van der Waals surface area (Å²) in [6.45, 7) is 2.24. The number of rotatable bonds is 5. The number of benzene rings is 1. The number of nitrogens with two attached hydrogens (primary N) is 1. The van der Waals surface area contributed by atoms with Crippen LogP contribution in [0.15, 0.2) is 46.4 Å². The third kappa shape index (κ3) is 3.52. The predicted octanol–water partition coefficient (Wildman–Crippen LogP) is 2.74. The van der Waals surface area contributed by atoms with E-state index in [-0.39, 0.29) is 12.5 Å². The van der Waals surface area contributed by atoms with Crippen molar-refractivity contribution in [2.45, 2.75) is 13.5 Å². The summed E-state index contributed by atoms with van der Waals surface area (Å²) in [5.74, 6) is -0.330. The van der Waals surface area contributed by atoms with E-state index in [1.165, 1.54) is 23.7 Å². The van der Waals surface area contributed by atoms with Gasteiger partial charge in [-0.1, -0.05) is 17.7 Å². The summed E-state index contributed by atoms with van der Waals surface area (Å²) in [4.78, 5) is 27.9. The minimum atomic E-state index is -0.551. The maximum Gasteiger partial charge on any atom is 0.261 e. The van der Waals surface area contributed by atoms with Crippen molar-refractivity contribution in [3.05, 3.63) is 63.7 Å². The number of aryl methyl sites for hydroxylation is 1. The van der Waals surface area contributed by atoms with Crippen molar-refractivity contribution >= 4 is 23.2 Å². The molecule has 2 heterocycles. The number of hydrogen-bond acceptors (Lipinski definition) is 5. The normalized spacial score (nSPS) is 10.5. The van der Waals surface area contributed by atoms with Crippen LogP contribution in [0.1, 0.15) is 31.3 Å². The van der Waals surface area contributed by atoms with Crippen LogP contribution in [0.5, 0.6) is 0 Å². The monoisotopic (exact) mass is 341 g/mol. The zero-order valence-electron chi connectivity index (χ0n) is 12.9. The van der Waals surface area contributed by atoms with E-state index in [9.17, 15) is 9.59 Å². The second-order valence-corrected chi connectivity index (χ2v) is 6.17. The van der Waals surface area contributed by atoms with Crippen molar-refractivity contribution in [3.63, 3.8) is 0 Å². The minimum absolute atomic E-state index is 0.234. The molecule has 6 nitrogen and oxygen atoms in total. The number of nitrogens with one attached hydrogen (secondary N) is 1. The molecule has 1 aromatic carbocycles. The Morgan fingerprint density at radius 1 is 1.29 bits per heavy atom. The number of carbonyl (C=O) groups excluding carboxylic acids is 2. The van der Waals surface area contributed by atoms with Crippen LogP contribution < -0.4 is 11.1 Å². The van der Waals surface area contributed by atoms with Gasteiger partial charge in [-0.25, -0.2) is 4.98 Å². The molecule has 0 saturated heterocycles. The van der Waals surface area contributed by atoms with Gasteiger partial charge in [-0.15, -0.1) is 11.3 Å². The van der Waals surface area contributed by atoms with E-state index in [1.54, 1.807) is 5.38 Å². The molecule has 0 atom stereocenters. The van der Waals surface area contributed by atoms with E-state index in [4.69, 9.17) is 10.2 Å². The first kappa shape index (κ1) is 15.9. The molecule has 3 N–H and O–H groups in total. The molecule has 0 spiro atoms. The summed E-state index contributed by atoms with van der Waals surface area (Å²) in [5.41, 5.74) is 8.15. The summed E-state index contributed by atoms with van der Waals surface area (Å²) in [7, 11) is 0. The molecule has 0 radical (unpaired) electrons. The van der Waals surface area contributed by atoms with Gasteiger partial charge in [0.05, 0.1) is 22.7 Å². The zero-order valence-corrected chi connectivity index (χ0v) is 13.7. The minimum Gasteiger partial charge on any atom is -0.444 e. The topological polar surface area (TPSA) is 98.2 Å². The highest BCUT2D eigenvalue weighted by atomic mass is 32.1. The lowest BCUT2D eigenvalue weighted by atomic mass is 10.1. The van der Waals surface area contributed by atoms with Gasteiger partial charge in [0, 0.05) is 10.9 Å². The van der Waals surface area contributed by atoms with Crippen molar-refractivity contribution in [1.29, 1.82) is 0 Å². The van der Waals surface area contributed by atoms with E-state index in [0.717, 1.165) is 11.1 Å². The van der Waals surface area contributed by atoms with Crippen molar-refractivity contribution in [2.24, 2.45) is 5.73 Å². The Morgan fingerprint density at radius 2 is 2.04 bits per heavy atom. The lowest BCUT2D eigenvalue weighted by Crippen LogP contribution is -2.22. The van der Waals surface area contributed by atoms with Gasteiger partial charge in [-0.2, -0.15) is 0 Å². The molecule has 0 bridgehead atoms. The number of primary amides is 1. The summed E-state index contributed by atoms with van der Waals surface area (Å²) in [5, 5.41) is 4.30. The molecular formula is C17H15N3O3S. The molecule has 24 heavy (non-hydrogen) atoms. The molecule has 0 aliphatic heterocycles. The molecule has 3 rings (SSSR count). The Bertz CT molecular complexity index is 881. The number of amides is 2. The smallest absolute Gasteiger partial charge is 0.261 e. The lowest BCUT2D eigenvalue weighted by Gasteiger charge is -1.99. The molecule has 0 fully saturated rings. The largest absolute Gasteiger partial charge is 0.444 e. The Kier molecular flexibility index (Phi) is 4.43. The Morgan fingerprint density at radius 3 is 2.71 bits per heavy atom. The third-order valence-corrected chi connectivity index (χ3v) is 4.32. The molecule has 3 aromatic rings. The van der Waals surface area contributed by atoms with Gasteiger partial charge >= 0.3 is 0 Å². The van der Waals surface area contributed by atoms with Gasteiger partial charge in [0.15, 0.2) is 0 Å². The summed E-state index contributed by atoms with van der Waals surface area (Å²) >= 11 is 1.17. The number of carbonyl (C=O) groups is 2. The first-order valence-corrected chi connectivity index (χ1v) is 8.09. The third-order valence-electron chi connectivity index (χ3n) is 3.39. The molecule has 0 aliphatic carbocycles. The van der Waals surface area contributed by atoms with Crippen LogP contribution in [0.4, 0.5) is 0 Å². The van der Waals surface area contributed by atoms with Crippen molar-refractivity contribution in [2.75, 3.05) is 0 Å². The molecule has 0 aliphatic rings. The fraction of sp³-hybridized carbons (Fsp3) is 0.118. The van der Waals surface area contributed by atoms with Crippen LogP contribution >= 0.6 is 11.3 Å². The average molecular weight is 341 g/mol. The molecule has 0 unspecified atom stereocenters. The quantitative estimate of drug-likeness (QED) is 0.745. The fourth-order valence-electron chi connectivity index (χ4n) is 2.06. The Balaban J connectivity index is 1.63. The van der Waals surface area contributed by atoms with Crippen LogP contribution in [0, 0.1) is 6.92 Å². The Hall–Kier alpha value is -2.93. The summed E-state index contributed by atoms with van der Waals surface area (Å²) < 4.78 is 5.44. The molecular weight excluding hydrogens is 326 g/mol. The van der Waals surface area contributed by atoms with Gasteiger partial charge in [-0.3, -0.25) is 9.59 Å². The number of oxazole rings is 1. The first-order valence-electron chi connectivity index (χ1n) is 7.21. The van der Waals surface area contributed by atoms with Gasteiger partial charge in [0.1, 0.15) is 6.26 Å². The highest BCUT2D eigenvalue weighted by molar-refractivity contribution is 7.12. The Labute approximate surface area is 142 Å².